The number of carbonyl (C=O) groups excluding carboxylic acids is 1. The Morgan fingerprint density at radius 3 is 2.84 bits per heavy atom. The van der Waals surface area contributed by atoms with Crippen molar-refractivity contribution in [3.63, 3.8) is 0 Å². The molecule has 0 spiro atoms. The Balaban J connectivity index is 1.66. The normalized spacial score (nSPS) is 21.6. The van der Waals surface area contributed by atoms with Gasteiger partial charge in [-0.1, -0.05) is 5.21 Å². The molecule has 1 aromatic heterocycles. The molecule has 0 unspecified atom stereocenters. The van der Waals surface area contributed by atoms with Crippen LogP contribution in [0, 0.1) is 5.92 Å². The highest BCUT2D eigenvalue weighted by Crippen LogP contribution is 2.29. The Bertz CT molecular complexity index is 583. The summed E-state index contributed by atoms with van der Waals surface area (Å²) < 4.78 is 13.1. The summed E-state index contributed by atoms with van der Waals surface area (Å²) in [5.74, 6) is 0.412. The van der Waals surface area contributed by atoms with Gasteiger partial charge >= 0.3 is 0 Å². The van der Waals surface area contributed by atoms with Gasteiger partial charge in [-0.3, -0.25) is 9.48 Å². The molecule has 25 heavy (non-hydrogen) atoms. The molecular weight excluding hydrogens is 322 g/mol. The largest absolute Gasteiger partial charge is 0.381 e. The summed E-state index contributed by atoms with van der Waals surface area (Å²) in [6.07, 6.45) is 1.62. The molecule has 2 aliphatic rings. The number of hydrogen-bond acceptors (Lipinski definition) is 6. The third-order valence-electron chi connectivity index (χ3n) is 5.00. The number of rotatable bonds is 6. The minimum absolute atomic E-state index is 0.0716. The van der Waals surface area contributed by atoms with Crippen LogP contribution in [0.4, 0.5) is 0 Å². The van der Waals surface area contributed by atoms with Crippen LogP contribution in [-0.4, -0.2) is 84.3 Å². The third kappa shape index (κ3) is 4.37. The van der Waals surface area contributed by atoms with Crippen molar-refractivity contribution in [3.05, 3.63) is 11.4 Å². The molecule has 1 fully saturated rings. The first-order valence-electron chi connectivity index (χ1n) is 9.03. The fraction of sp³-hybridized carbons (Fsp3) is 0.824. The second-order valence-corrected chi connectivity index (χ2v) is 7.23. The van der Waals surface area contributed by atoms with E-state index in [1.807, 2.05) is 30.7 Å². The third-order valence-corrected chi connectivity index (χ3v) is 5.00. The summed E-state index contributed by atoms with van der Waals surface area (Å²) in [5.41, 5.74) is 2.00. The molecule has 2 aliphatic heterocycles. The zero-order valence-electron chi connectivity index (χ0n) is 15.5. The Labute approximate surface area is 149 Å². The van der Waals surface area contributed by atoms with Crippen molar-refractivity contribution in [2.75, 3.05) is 53.6 Å². The van der Waals surface area contributed by atoms with E-state index < -0.39 is 0 Å². The molecule has 1 atom stereocenters. The van der Waals surface area contributed by atoms with Gasteiger partial charge in [0.05, 0.1) is 25.5 Å². The highest BCUT2D eigenvalue weighted by Gasteiger charge is 2.35. The number of likely N-dealkylation sites (N-methyl/N-ethyl adjacent to an activating group) is 1. The van der Waals surface area contributed by atoms with E-state index in [1.54, 1.807) is 0 Å². The average Bonchev–Trinajstić information content (AvgIpc) is 2.99. The topological polar surface area (TPSA) is 72.7 Å². The lowest BCUT2D eigenvalue weighted by molar-refractivity contribution is -0.140. The molecule has 3 heterocycles. The molecule has 0 bridgehead atoms. The van der Waals surface area contributed by atoms with Crippen molar-refractivity contribution < 1.29 is 14.3 Å². The molecule has 0 aliphatic carbocycles. The van der Waals surface area contributed by atoms with Crippen molar-refractivity contribution in [1.82, 2.24) is 24.8 Å². The molecular formula is C17H29N5O3. The molecule has 3 rings (SSSR count). The van der Waals surface area contributed by atoms with Gasteiger partial charge in [0, 0.05) is 45.2 Å². The highest BCUT2D eigenvalue weighted by atomic mass is 16.5. The Morgan fingerprint density at radius 2 is 2.12 bits per heavy atom. The van der Waals surface area contributed by atoms with Crippen molar-refractivity contribution in [2.24, 2.45) is 13.0 Å². The van der Waals surface area contributed by atoms with Crippen molar-refractivity contribution >= 4 is 5.91 Å². The zero-order chi connectivity index (χ0) is 17.8. The first-order valence-corrected chi connectivity index (χ1v) is 9.03. The lowest BCUT2D eigenvalue weighted by Gasteiger charge is -2.35. The second-order valence-electron chi connectivity index (χ2n) is 7.23. The molecule has 140 valence electrons. The van der Waals surface area contributed by atoms with Gasteiger partial charge in [0.2, 0.25) is 5.91 Å². The highest BCUT2D eigenvalue weighted by molar-refractivity contribution is 5.79. The number of ether oxygens (including phenoxy) is 2. The fourth-order valence-electron chi connectivity index (χ4n) is 3.59. The fourth-order valence-corrected chi connectivity index (χ4v) is 3.59. The van der Waals surface area contributed by atoms with E-state index in [9.17, 15) is 4.79 Å². The minimum Gasteiger partial charge on any atom is -0.381 e. The van der Waals surface area contributed by atoms with Crippen LogP contribution in [0.2, 0.25) is 0 Å². The van der Waals surface area contributed by atoms with Crippen LogP contribution >= 0.6 is 0 Å². The van der Waals surface area contributed by atoms with Crippen molar-refractivity contribution in [3.8, 4) is 0 Å². The summed E-state index contributed by atoms with van der Waals surface area (Å²) in [5, 5.41) is 8.43. The predicted octanol–water partition coefficient (Wildman–Crippen LogP) is 0.246. The lowest BCUT2D eigenvalue weighted by atomic mass is 9.94. The molecule has 0 N–H and O–H groups in total. The SMILES string of the molecule is CN(C)CCOC[C@H]1CN(C(=O)C2CCOCC2)Cc2nnn(C)c21. The maximum absolute atomic E-state index is 12.9. The monoisotopic (exact) mass is 351 g/mol. The van der Waals surface area contributed by atoms with Crippen LogP contribution in [-0.2, 0) is 27.9 Å². The number of fused-ring (bicyclic) bond motifs is 1. The number of amides is 1. The second kappa shape index (κ2) is 8.25. The predicted molar refractivity (Wildman–Crippen MR) is 92.1 cm³/mol. The van der Waals surface area contributed by atoms with Crippen LogP contribution in [0.3, 0.4) is 0 Å². The van der Waals surface area contributed by atoms with E-state index in [1.165, 1.54) is 0 Å². The molecule has 0 saturated carbocycles. The molecule has 1 saturated heterocycles. The summed E-state index contributed by atoms with van der Waals surface area (Å²) in [7, 11) is 5.97. The molecule has 1 amide bonds. The average molecular weight is 351 g/mol. The first kappa shape index (κ1) is 18.3. The standard InChI is InChI=1S/C17H29N5O3/c1-20(2)6-9-25-12-14-10-22(11-15-16(14)21(3)19-18-15)17(23)13-4-7-24-8-5-13/h13-14H,4-12H2,1-3H3/t14-/m1/s1. The van der Waals surface area contributed by atoms with E-state index >= 15 is 0 Å². The van der Waals surface area contributed by atoms with Gasteiger partial charge in [0.25, 0.3) is 0 Å². The van der Waals surface area contributed by atoms with E-state index in [2.05, 4.69) is 15.2 Å². The van der Waals surface area contributed by atoms with Gasteiger partial charge in [-0.15, -0.1) is 5.10 Å². The maximum atomic E-state index is 12.9. The number of hydrogen-bond donors (Lipinski definition) is 0. The van der Waals surface area contributed by atoms with Gasteiger partial charge < -0.3 is 19.3 Å². The summed E-state index contributed by atoms with van der Waals surface area (Å²) in [6, 6.07) is 0. The Hall–Kier alpha value is -1.51. The van der Waals surface area contributed by atoms with Crippen LogP contribution < -0.4 is 0 Å². The van der Waals surface area contributed by atoms with Crippen LogP contribution in [0.5, 0.6) is 0 Å². The smallest absolute Gasteiger partial charge is 0.226 e. The van der Waals surface area contributed by atoms with Gasteiger partial charge in [-0.25, -0.2) is 0 Å². The van der Waals surface area contributed by atoms with E-state index in [-0.39, 0.29) is 17.7 Å². The Kier molecular flexibility index (Phi) is 6.03. The summed E-state index contributed by atoms with van der Waals surface area (Å²) in [6.45, 7) is 4.72. The number of aromatic nitrogens is 3. The Morgan fingerprint density at radius 1 is 1.36 bits per heavy atom. The van der Waals surface area contributed by atoms with E-state index in [4.69, 9.17) is 9.47 Å². The summed E-state index contributed by atoms with van der Waals surface area (Å²) in [4.78, 5) is 16.9. The van der Waals surface area contributed by atoms with E-state index in [0.29, 0.717) is 39.5 Å². The maximum Gasteiger partial charge on any atom is 0.226 e. The van der Waals surface area contributed by atoms with Gasteiger partial charge in [-0.05, 0) is 26.9 Å². The number of carbonyl (C=O) groups is 1. The van der Waals surface area contributed by atoms with Crippen molar-refractivity contribution in [2.45, 2.75) is 25.3 Å². The summed E-state index contributed by atoms with van der Waals surface area (Å²) >= 11 is 0. The van der Waals surface area contributed by atoms with Gasteiger partial charge in [0.15, 0.2) is 0 Å². The molecule has 8 nitrogen and oxygen atoms in total. The number of aryl methyl sites for hydroxylation is 1. The minimum atomic E-state index is 0.0716. The van der Waals surface area contributed by atoms with Gasteiger partial charge in [-0.2, -0.15) is 0 Å². The zero-order valence-corrected chi connectivity index (χ0v) is 15.5. The molecule has 8 heteroatoms. The van der Waals surface area contributed by atoms with Crippen LogP contribution in [0.15, 0.2) is 0 Å². The molecule has 0 aromatic carbocycles. The van der Waals surface area contributed by atoms with Crippen molar-refractivity contribution in [1.29, 1.82) is 0 Å². The molecule has 1 aromatic rings. The number of nitrogens with zero attached hydrogens (tertiary/aromatic N) is 5. The van der Waals surface area contributed by atoms with Crippen LogP contribution in [0.25, 0.3) is 0 Å². The quantitative estimate of drug-likeness (QED) is 0.684. The van der Waals surface area contributed by atoms with Crippen LogP contribution in [0.1, 0.15) is 30.1 Å². The lowest BCUT2D eigenvalue weighted by Crippen LogP contribution is -2.44. The molecule has 0 radical (unpaired) electrons. The van der Waals surface area contributed by atoms with E-state index in [0.717, 1.165) is 30.8 Å². The first-order chi connectivity index (χ1) is 12.1. The van der Waals surface area contributed by atoms with Gasteiger partial charge in [0.1, 0.15) is 5.69 Å².